The molecule has 0 aliphatic heterocycles. The Morgan fingerprint density at radius 2 is 0.755 bits per heavy atom. The van der Waals surface area contributed by atoms with Crippen molar-refractivity contribution in [3.8, 4) is 28.2 Å². The Balaban J connectivity index is 1.15. The SMILES string of the molecule is [C-]#[N+]c1ccc2c(c1)c1c3c4ccccc4n(-c4ccccc4)c3ccc1n2-c1cccc(-c2cccc(-n3c4ccccc4c4ccccc43)c2)c1. The highest BCUT2D eigenvalue weighted by Gasteiger charge is 2.21. The first-order valence-electron chi connectivity index (χ1n) is 17.9. The van der Waals surface area contributed by atoms with Crippen molar-refractivity contribution in [2.75, 3.05) is 0 Å². The van der Waals surface area contributed by atoms with Crippen LogP contribution in [0.5, 0.6) is 0 Å². The molecule has 0 atom stereocenters. The van der Waals surface area contributed by atoms with Crippen LogP contribution in [0.4, 0.5) is 5.69 Å². The monoisotopic (exact) mass is 674 g/mol. The highest BCUT2D eigenvalue weighted by atomic mass is 15.0. The first-order valence-corrected chi connectivity index (χ1v) is 17.9. The van der Waals surface area contributed by atoms with Gasteiger partial charge in [0.05, 0.1) is 39.7 Å². The van der Waals surface area contributed by atoms with Crippen LogP contribution in [-0.2, 0) is 0 Å². The fourth-order valence-corrected chi connectivity index (χ4v) is 8.61. The molecule has 0 amide bonds. The summed E-state index contributed by atoms with van der Waals surface area (Å²) < 4.78 is 7.10. The number of hydrogen-bond acceptors (Lipinski definition) is 0. The Morgan fingerprint density at radius 1 is 0.321 bits per heavy atom. The molecule has 3 aromatic heterocycles. The van der Waals surface area contributed by atoms with Gasteiger partial charge in [0.2, 0.25) is 0 Å². The molecule has 11 rings (SSSR count). The lowest BCUT2D eigenvalue weighted by Crippen LogP contribution is -1.96. The molecule has 0 aliphatic rings. The summed E-state index contributed by atoms with van der Waals surface area (Å²) in [5, 5.41) is 7.14. The second kappa shape index (κ2) is 11.3. The Morgan fingerprint density at radius 3 is 1.36 bits per heavy atom. The van der Waals surface area contributed by atoms with Crippen molar-refractivity contribution in [3.05, 3.63) is 193 Å². The first-order chi connectivity index (χ1) is 26.3. The van der Waals surface area contributed by atoms with E-state index >= 15 is 0 Å². The summed E-state index contributed by atoms with van der Waals surface area (Å²) in [5.41, 5.74) is 13.1. The average Bonchev–Trinajstić information content (AvgIpc) is 3.86. The van der Waals surface area contributed by atoms with Gasteiger partial charge < -0.3 is 13.7 Å². The van der Waals surface area contributed by atoms with Gasteiger partial charge in [0.25, 0.3) is 0 Å². The minimum absolute atomic E-state index is 0.635. The summed E-state index contributed by atoms with van der Waals surface area (Å²) in [7, 11) is 0. The lowest BCUT2D eigenvalue weighted by atomic mass is 10.0. The number of aromatic nitrogens is 3. The molecule has 4 nitrogen and oxygen atoms in total. The van der Waals surface area contributed by atoms with Gasteiger partial charge >= 0.3 is 0 Å². The number of fused-ring (bicyclic) bond motifs is 10. The summed E-state index contributed by atoms with van der Waals surface area (Å²) in [5.74, 6) is 0. The molecule has 0 spiro atoms. The standard InChI is InChI=1S/C49H30N4/c1-50-34-25-26-45-41(31-34)49-47(28-27-46-48(49)40-21-7-10-24-44(40)51(46)35-15-3-2-4-16-35)53(45)37-18-12-14-33(30-37)32-13-11-17-36(29-32)52-42-22-8-5-19-38(42)39-20-6-9-23-43(39)52/h2-31H. The predicted molar refractivity (Wildman–Crippen MR) is 221 cm³/mol. The minimum Gasteiger partial charge on any atom is -0.309 e. The molecule has 8 aromatic carbocycles. The zero-order chi connectivity index (χ0) is 35.0. The molecule has 246 valence electrons. The van der Waals surface area contributed by atoms with Gasteiger partial charge in [-0.15, -0.1) is 0 Å². The van der Waals surface area contributed by atoms with Crippen LogP contribution in [0.3, 0.4) is 0 Å². The van der Waals surface area contributed by atoms with Crippen molar-refractivity contribution >= 4 is 71.1 Å². The molecule has 0 radical (unpaired) electrons. The fraction of sp³-hybridized carbons (Fsp3) is 0. The Kier molecular flexibility index (Phi) is 6.28. The van der Waals surface area contributed by atoms with Gasteiger partial charge in [0.1, 0.15) is 0 Å². The van der Waals surface area contributed by atoms with Crippen LogP contribution < -0.4 is 0 Å². The van der Waals surface area contributed by atoms with E-state index in [-0.39, 0.29) is 0 Å². The van der Waals surface area contributed by atoms with Crippen molar-refractivity contribution in [3.63, 3.8) is 0 Å². The summed E-state index contributed by atoms with van der Waals surface area (Å²) >= 11 is 0. The summed E-state index contributed by atoms with van der Waals surface area (Å²) in [6.45, 7) is 7.90. The average molecular weight is 675 g/mol. The van der Waals surface area contributed by atoms with Crippen molar-refractivity contribution < 1.29 is 0 Å². The maximum Gasteiger partial charge on any atom is 0.188 e. The minimum atomic E-state index is 0.635. The second-order valence-corrected chi connectivity index (χ2v) is 13.7. The third kappa shape index (κ3) is 4.29. The first kappa shape index (κ1) is 29.4. The lowest BCUT2D eigenvalue weighted by Gasteiger charge is -2.13. The molecule has 0 saturated heterocycles. The summed E-state index contributed by atoms with van der Waals surface area (Å²) in [6.07, 6.45) is 0. The second-order valence-electron chi connectivity index (χ2n) is 13.7. The van der Waals surface area contributed by atoms with Crippen LogP contribution in [0.2, 0.25) is 0 Å². The molecule has 0 aliphatic carbocycles. The lowest BCUT2D eigenvalue weighted by molar-refractivity contribution is 1.17. The van der Waals surface area contributed by atoms with E-state index in [9.17, 15) is 0 Å². The van der Waals surface area contributed by atoms with Crippen LogP contribution in [0.25, 0.3) is 98.5 Å². The van der Waals surface area contributed by atoms with E-state index in [2.05, 4.69) is 194 Å². The van der Waals surface area contributed by atoms with E-state index in [1.165, 1.54) is 32.6 Å². The van der Waals surface area contributed by atoms with Crippen molar-refractivity contribution in [1.82, 2.24) is 13.7 Å². The van der Waals surface area contributed by atoms with E-state index in [4.69, 9.17) is 6.57 Å². The summed E-state index contributed by atoms with van der Waals surface area (Å²) in [6, 6.07) is 64.9. The highest BCUT2D eigenvalue weighted by Crippen LogP contribution is 2.43. The molecule has 0 bridgehead atoms. The Hall–Kier alpha value is -7.35. The molecule has 3 heterocycles. The van der Waals surface area contributed by atoms with Crippen LogP contribution in [0.1, 0.15) is 0 Å². The maximum atomic E-state index is 7.90. The normalized spacial score (nSPS) is 11.8. The quantitative estimate of drug-likeness (QED) is 0.166. The molecular formula is C49H30N4. The predicted octanol–water partition coefficient (Wildman–Crippen LogP) is 13.2. The van der Waals surface area contributed by atoms with E-state index in [0.29, 0.717) is 5.69 Å². The zero-order valence-corrected chi connectivity index (χ0v) is 28.6. The number of nitrogens with zero attached hydrogens (tertiary/aromatic N) is 4. The van der Waals surface area contributed by atoms with Crippen LogP contribution in [0.15, 0.2) is 182 Å². The fourth-order valence-electron chi connectivity index (χ4n) is 8.61. The molecule has 0 N–H and O–H groups in total. The third-order valence-electron chi connectivity index (χ3n) is 10.8. The molecule has 11 aromatic rings. The Bertz CT molecular complexity index is 3240. The van der Waals surface area contributed by atoms with Crippen LogP contribution in [-0.4, -0.2) is 13.7 Å². The van der Waals surface area contributed by atoms with Crippen molar-refractivity contribution in [2.45, 2.75) is 0 Å². The van der Waals surface area contributed by atoms with Gasteiger partial charge in [-0.1, -0.05) is 103 Å². The molecule has 4 heteroatoms. The topological polar surface area (TPSA) is 19.1 Å². The number of hydrogen-bond donors (Lipinski definition) is 0. The van der Waals surface area contributed by atoms with Crippen molar-refractivity contribution in [2.24, 2.45) is 0 Å². The van der Waals surface area contributed by atoms with Gasteiger partial charge in [0, 0.05) is 44.0 Å². The van der Waals surface area contributed by atoms with Crippen LogP contribution in [0, 0.1) is 6.57 Å². The molecule has 0 unspecified atom stereocenters. The van der Waals surface area contributed by atoms with Gasteiger partial charge in [-0.3, -0.25) is 0 Å². The van der Waals surface area contributed by atoms with Gasteiger partial charge in [-0.2, -0.15) is 0 Å². The molecule has 0 saturated carbocycles. The summed E-state index contributed by atoms with van der Waals surface area (Å²) in [4.78, 5) is 3.86. The van der Waals surface area contributed by atoms with E-state index < -0.39 is 0 Å². The molecule has 0 fully saturated rings. The largest absolute Gasteiger partial charge is 0.309 e. The maximum absolute atomic E-state index is 7.90. The van der Waals surface area contributed by atoms with E-state index in [0.717, 1.165) is 61.0 Å². The van der Waals surface area contributed by atoms with E-state index in [1.807, 2.05) is 6.07 Å². The van der Waals surface area contributed by atoms with Crippen molar-refractivity contribution in [1.29, 1.82) is 0 Å². The van der Waals surface area contributed by atoms with Gasteiger partial charge in [0.15, 0.2) is 5.69 Å². The molecular weight excluding hydrogens is 645 g/mol. The number of benzene rings is 8. The number of para-hydroxylation sites is 4. The third-order valence-corrected chi connectivity index (χ3v) is 10.8. The van der Waals surface area contributed by atoms with Gasteiger partial charge in [-0.05, 0) is 95.4 Å². The number of rotatable bonds is 4. The smallest absolute Gasteiger partial charge is 0.188 e. The van der Waals surface area contributed by atoms with Gasteiger partial charge in [-0.25, -0.2) is 4.85 Å². The highest BCUT2D eigenvalue weighted by molar-refractivity contribution is 6.29. The van der Waals surface area contributed by atoms with E-state index in [1.54, 1.807) is 0 Å². The van der Waals surface area contributed by atoms with Crippen LogP contribution >= 0.6 is 0 Å². The Labute approximate surface area is 305 Å². The zero-order valence-electron chi connectivity index (χ0n) is 28.6. The molecule has 53 heavy (non-hydrogen) atoms.